The van der Waals surface area contributed by atoms with Crippen molar-refractivity contribution in [2.75, 3.05) is 11.1 Å². The van der Waals surface area contributed by atoms with Crippen LogP contribution in [0.2, 0.25) is 0 Å². The fourth-order valence-electron chi connectivity index (χ4n) is 2.34. The Morgan fingerprint density at radius 3 is 2.57 bits per heavy atom. The van der Waals surface area contributed by atoms with Crippen LogP contribution < -0.4 is 15.6 Å². The minimum atomic E-state index is -4.77. The molecular weight excluding hydrogens is 399 g/mol. The molecular formula is C16H14F3N5O3S. The summed E-state index contributed by atoms with van der Waals surface area (Å²) in [6, 6.07) is 4.80. The van der Waals surface area contributed by atoms with Crippen molar-refractivity contribution in [2.24, 2.45) is 0 Å². The summed E-state index contributed by atoms with van der Waals surface area (Å²) in [7, 11) is 0. The van der Waals surface area contributed by atoms with Crippen molar-refractivity contribution >= 4 is 29.1 Å². The van der Waals surface area contributed by atoms with Crippen LogP contribution in [0.1, 0.15) is 11.3 Å². The zero-order valence-corrected chi connectivity index (χ0v) is 15.4. The van der Waals surface area contributed by atoms with E-state index in [0.717, 1.165) is 23.9 Å². The molecule has 0 saturated carbocycles. The number of halogens is 3. The van der Waals surface area contributed by atoms with Gasteiger partial charge >= 0.3 is 6.36 Å². The van der Waals surface area contributed by atoms with Gasteiger partial charge in [-0.3, -0.25) is 19.0 Å². The summed E-state index contributed by atoms with van der Waals surface area (Å²) in [5, 5.41) is 10.8. The van der Waals surface area contributed by atoms with Gasteiger partial charge < -0.3 is 10.1 Å². The number of nitrogens with zero attached hydrogens (tertiary/aromatic N) is 3. The molecule has 0 atom stereocenters. The second-order valence-electron chi connectivity index (χ2n) is 5.72. The average molecular weight is 413 g/mol. The molecule has 0 unspecified atom stereocenters. The average Bonchev–Trinajstić information content (AvgIpc) is 3.01. The molecule has 0 aliphatic heterocycles. The molecule has 0 bridgehead atoms. The smallest absolute Gasteiger partial charge is 0.406 e. The number of amides is 1. The first kappa shape index (κ1) is 19.7. The number of alkyl halides is 3. The van der Waals surface area contributed by atoms with Crippen LogP contribution in [0.15, 0.2) is 34.2 Å². The SMILES string of the molecule is Cc1c(C)n2c(SCC(=O)Nc3ccc(OC(F)(F)F)cc3)nnc2[nH]c1=O. The minimum absolute atomic E-state index is 0.0147. The van der Waals surface area contributed by atoms with Crippen LogP contribution in [0.4, 0.5) is 18.9 Å². The Hall–Kier alpha value is -3.02. The van der Waals surface area contributed by atoms with Gasteiger partial charge in [0.1, 0.15) is 5.75 Å². The summed E-state index contributed by atoms with van der Waals surface area (Å²) in [6.07, 6.45) is -4.77. The molecule has 0 aliphatic rings. The standard InChI is InChI=1S/C16H14F3N5O3S/c1-8-9(2)24-14(21-13(8)26)22-23-15(24)28-7-12(25)20-10-3-5-11(6-4-10)27-16(17,18)19/h3-6H,7H2,1-2H3,(H,20,25)(H,21,22,26). The van der Waals surface area contributed by atoms with Gasteiger partial charge in [-0.15, -0.1) is 23.4 Å². The van der Waals surface area contributed by atoms with Crippen molar-refractivity contribution < 1.29 is 22.7 Å². The summed E-state index contributed by atoms with van der Waals surface area (Å²) in [5.41, 5.74) is 1.24. The van der Waals surface area contributed by atoms with E-state index >= 15 is 0 Å². The number of hydrogen-bond donors (Lipinski definition) is 2. The van der Waals surface area contributed by atoms with Crippen LogP contribution in [0.3, 0.4) is 0 Å². The van der Waals surface area contributed by atoms with Gasteiger partial charge in [0.25, 0.3) is 5.56 Å². The zero-order valence-electron chi connectivity index (χ0n) is 14.6. The fourth-order valence-corrected chi connectivity index (χ4v) is 3.12. The number of fused-ring (bicyclic) bond motifs is 1. The number of aromatic amines is 1. The third kappa shape index (κ3) is 4.44. The third-order valence-corrected chi connectivity index (χ3v) is 4.71. The summed E-state index contributed by atoms with van der Waals surface area (Å²) < 4.78 is 41.8. The molecule has 2 N–H and O–H groups in total. The van der Waals surface area contributed by atoms with Gasteiger partial charge in [0.15, 0.2) is 5.16 Å². The lowest BCUT2D eigenvalue weighted by molar-refractivity contribution is -0.274. The largest absolute Gasteiger partial charge is 0.573 e. The highest BCUT2D eigenvalue weighted by molar-refractivity contribution is 7.99. The number of rotatable bonds is 5. The molecule has 3 rings (SSSR count). The highest BCUT2D eigenvalue weighted by Gasteiger charge is 2.30. The molecule has 0 fully saturated rings. The molecule has 1 amide bonds. The lowest BCUT2D eigenvalue weighted by Crippen LogP contribution is -2.17. The number of benzene rings is 1. The molecule has 0 spiro atoms. The third-order valence-electron chi connectivity index (χ3n) is 3.78. The maximum atomic E-state index is 12.1. The monoisotopic (exact) mass is 413 g/mol. The molecule has 2 heterocycles. The number of aryl methyl sites for hydroxylation is 1. The number of thioether (sulfide) groups is 1. The molecule has 148 valence electrons. The molecule has 0 saturated heterocycles. The van der Waals surface area contributed by atoms with Crippen LogP contribution in [0.25, 0.3) is 5.78 Å². The van der Waals surface area contributed by atoms with Crippen LogP contribution in [-0.4, -0.2) is 37.6 Å². The summed E-state index contributed by atoms with van der Waals surface area (Å²) in [6.45, 7) is 3.41. The zero-order chi connectivity index (χ0) is 20.5. The van der Waals surface area contributed by atoms with Crippen LogP contribution in [0, 0.1) is 13.8 Å². The number of ether oxygens (including phenoxy) is 1. The number of aromatic nitrogens is 4. The lowest BCUT2D eigenvalue weighted by atomic mass is 10.3. The highest BCUT2D eigenvalue weighted by atomic mass is 32.2. The van der Waals surface area contributed by atoms with Gasteiger partial charge in [-0.1, -0.05) is 11.8 Å². The van der Waals surface area contributed by atoms with Gasteiger partial charge in [0.2, 0.25) is 11.7 Å². The first-order valence-corrected chi connectivity index (χ1v) is 8.85. The van der Waals surface area contributed by atoms with Crippen molar-refractivity contribution in [1.82, 2.24) is 19.6 Å². The Balaban J connectivity index is 1.64. The van der Waals surface area contributed by atoms with E-state index in [-0.39, 0.29) is 28.7 Å². The van der Waals surface area contributed by atoms with E-state index in [1.807, 2.05) is 0 Å². The normalized spacial score (nSPS) is 11.6. The van der Waals surface area contributed by atoms with E-state index in [1.54, 1.807) is 18.2 Å². The van der Waals surface area contributed by atoms with Crippen LogP contribution in [0.5, 0.6) is 5.75 Å². The minimum Gasteiger partial charge on any atom is -0.406 e. The Morgan fingerprint density at radius 2 is 1.93 bits per heavy atom. The fraction of sp³-hybridized carbons (Fsp3) is 0.250. The Bertz CT molecular complexity index is 1080. The first-order chi connectivity index (χ1) is 13.1. The highest BCUT2D eigenvalue weighted by Crippen LogP contribution is 2.24. The van der Waals surface area contributed by atoms with Gasteiger partial charge in [0.05, 0.1) is 5.75 Å². The molecule has 0 radical (unpaired) electrons. The number of H-pyrrole nitrogens is 1. The number of nitrogens with one attached hydrogen (secondary N) is 2. The number of anilines is 1. The molecule has 8 nitrogen and oxygen atoms in total. The van der Waals surface area contributed by atoms with E-state index in [9.17, 15) is 22.8 Å². The summed E-state index contributed by atoms with van der Waals surface area (Å²) >= 11 is 1.11. The second-order valence-corrected chi connectivity index (χ2v) is 6.66. The Kier molecular flexibility index (Phi) is 5.31. The number of carbonyl (C=O) groups is 1. The Labute approximate surface area is 160 Å². The van der Waals surface area contributed by atoms with Gasteiger partial charge in [-0.25, -0.2) is 0 Å². The van der Waals surface area contributed by atoms with Crippen LogP contribution >= 0.6 is 11.8 Å². The Morgan fingerprint density at radius 1 is 1.25 bits per heavy atom. The maximum Gasteiger partial charge on any atom is 0.573 e. The van der Waals surface area contributed by atoms with E-state index in [2.05, 4.69) is 25.2 Å². The molecule has 28 heavy (non-hydrogen) atoms. The molecule has 12 heteroatoms. The first-order valence-electron chi connectivity index (χ1n) is 7.87. The molecule has 0 aliphatic carbocycles. The van der Waals surface area contributed by atoms with E-state index < -0.39 is 6.36 Å². The van der Waals surface area contributed by atoms with E-state index in [4.69, 9.17) is 0 Å². The van der Waals surface area contributed by atoms with Gasteiger partial charge in [0, 0.05) is 16.9 Å². The van der Waals surface area contributed by atoms with E-state index in [0.29, 0.717) is 22.1 Å². The second kappa shape index (κ2) is 7.54. The lowest BCUT2D eigenvalue weighted by Gasteiger charge is -2.10. The maximum absolute atomic E-state index is 12.1. The van der Waals surface area contributed by atoms with Crippen molar-refractivity contribution in [3.05, 3.63) is 45.9 Å². The predicted octanol–water partition coefficient (Wildman–Crippen LogP) is 2.66. The number of hydrogen-bond acceptors (Lipinski definition) is 6. The summed E-state index contributed by atoms with van der Waals surface area (Å²) in [4.78, 5) is 26.5. The quantitative estimate of drug-likeness (QED) is 0.624. The van der Waals surface area contributed by atoms with Gasteiger partial charge in [-0.05, 0) is 38.1 Å². The molecule has 2 aromatic heterocycles. The predicted molar refractivity (Wildman–Crippen MR) is 95.6 cm³/mol. The summed E-state index contributed by atoms with van der Waals surface area (Å²) in [5.74, 6) is -0.505. The topological polar surface area (TPSA) is 101 Å². The molecule has 3 aromatic rings. The molecule has 1 aromatic carbocycles. The van der Waals surface area contributed by atoms with Crippen molar-refractivity contribution in [3.8, 4) is 5.75 Å². The van der Waals surface area contributed by atoms with Crippen molar-refractivity contribution in [3.63, 3.8) is 0 Å². The van der Waals surface area contributed by atoms with E-state index in [1.165, 1.54) is 12.1 Å². The van der Waals surface area contributed by atoms with Crippen molar-refractivity contribution in [1.29, 1.82) is 0 Å². The van der Waals surface area contributed by atoms with Crippen LogP contribution in [-0.2, 0) is 4.79 Å². The van der Waals surface area contributed by atoms with Gasteiger partial charge in [-0.2, -0.15) is 0 Å². The number of carbonyl (C=O) groups excluding carboxylic acids is 1. The van der Waals surface area contributed by atoms with Crippen molar-refractivity contribution in [2.45, 2.75) is 25.4 Å².